The van der Waals surface area contributed by atoms with Gasteiger partial charge in [-0.2, -0.15) is 4.99 Å². The summed E-state index contributed by atoms with van der Waals surface area (Å²) in [5.74, 6) is 0.535. The van der Waals surface area contributed by atoms with E-state index in [1.165, 1.54) is 0 Å². The van der Waals surface area contributed by atoms with Crippen LogP contribution < -0.4 is 5.56 Å². The number of rotatable bonds is 3. The van der Waals surface area contributed by atoms with Gasteiger partial charge in [-0.25, -0.2) is 0 Å². The Morgan fingerprint density at radius 3 is 2.67 bits per heavy atom. The number of hydrogen-bond donors (Lipinski definition) is 1. The fourth-order valence-corrected chi connectivity index (χ4v) is 2.51. The standard InChI is InChI=1S/C13H14N2O2S/c16-12-4-3-11(12)15-6-9(8-1-2-8)5-10(13(15)17)14-7-18/h5-6,8,11-12,16H,1-4H2/t11-,12-/m1/s1. The molecule has 4 nitrogen and oxygen atoms in total. The molecule has 2 atom stereocenters. The van der Waals surface area contributed by atoms with Crippen molar-refractivity contribution >= 4 is 23.1 Å². The van der Waals surface area contributed by atoms with Gasteiger partial charge in [0.2, 0.25) is 0 Å². The van der Waals surface area contributed by atoms with Gasteiger partial charge in [-0.05, 0) is 55.4 Å². The summed E-state index contributed by atoms with van der Waals surface area (Å²) in [6.07, 6.45) is 5.39. The molecule has 0 saturated heterocycles. The number of nitrogens with zero attached hydrogens (tertiary/aromatic N) is 2. The first-order valence-electron chi connectivity index (χ1n) is 6.22. The van der Waals surface area contributed by atoms with E-state index in [4.69, 9.17) is 0 Å². The number of pyridine rings is 1. The van der Waals surface area contributed by atoms with Gasteiger partial charge in [-0.1, -0.05) is 0 Å². The van der Waals surface area contributed by atoms with E-state index in [1.54, 1.807) is 10.6 Å². The van der Waals surface area contributed by atoms with E-state index in [2.05, 4.69) is 22.4 Å². The highest BCUT2D eigenvalue weighted by atomic mass is 32.1. The molecule has 0 amide bonds. The van der Waals surface area contributed by atoms with Crippen LogP contribution in [0.25, 0.3) is 0 Å². The second kappa shape index (κ2) is 4.43. The van der Waals surface area contributed by atoms with Crippen molar-refractivity contribution in [2.24, 2.45) is 4.99 Å². The zero-order chi connectivity index (χ0) is 12.7. The molecular weight excluding hydrogens is 248 g/mol. The highest BCUT2D eigenvalue weighted by Crippen LogP contribution is 2.41. The molecule has 3 rings (SSSR count). The van der Waals surface area contributed by atoms with E-state index in [9.17, 15) is 9.90 Å². The minimum Gasteiger partial charge on any atom is -0.391 e. The smallest absolute Gasteiger partial charge is 0.277 e. The molecule has 94 valence electrons. The van der Waals surface area contributed by atoms with E-state index in [1.807, 2.05) is 6.20 Å². The van der Waals surface area contributed by atoms with Crippen LogP contribution in [0.1, 0.15) is 43.2 Å². The van der Waals surface area contributed by atoms with Gasteiger partial charge in [0.05, 0.1) is 17.3 Å². The molecule has 1 heterocycles. The van der Waals surface area contributed by atoms with E-state index in [-0.39, 0.29) is 11.6 Å². The van der Waals surface area contributed by atoms with E-state index < -0.39 is 6.10 Å². The van der Waals surface area contributed by atoms with Crippen molar-refractivity contribution in [2.75, 3.05) is 0 Å². The van der Waals surface area contributed by atoms with Gasteiger partial charge < -0.3 is 9.67 Å². The zero-order valence-electron chi connectivity index (χ0n) is 9.87. The summed E-state index contributed by atoms with van der Waals surface area (Å²) in [7, 11) is 0. The first-order chi connectivity index (χ1) is 8.70. The Morgan fingerprint density at radius 2 is 2.17 bits per heavy atom. The lowest BCUT2D eigenvalue weighted by Crippen LogP contribution is -2.39. The highest BCUT2D eigenvalue weighted by molar-refractivity contribution is 7.78. The van der Waals surface area contributed by atoms with Crippen LogP contribution in [0.2, 0.25) is 0 Å². The average molecular weight is 262 g/mol. The van der Waals surface area contributed by atoms with Gasteiger partial charge in [0, 0.05) is 6.20 Å². The molecule has 0 aliphatic heterocycles. The number of aliphatic hydroxyl groups is 1. The molecule has 2 aliphatic carbocycles. The van der Waals surface area contributed by atoms with Crippen LogP contribution in [-0.4, -0.2) is 20.9 Å². The van der Waals surface area contributed by atoms with Gasteiger partial charge in [0.25, 0.3) is 5.56 Å². The van der Waals surface area contributed by atoms with Crippen LogP contribution in [0.4, 0.5) is 5.69 Å². The summed E-state index contributed by atoms with van der Waals surface area (Å²) in [6, 6.07) is 1.70. The summed E-state index contributed by atoms with van der Waals surface area (Å²) < 4.78 is 1.63. The summed E-state index contributed by atoms with van der Waals surface area (Å²) >= 11 is 4.58. The largest absolute Gasteiger partial charge is 0.391 e. The van der Waals surface area contributed by atoms with Crippen molar-refractivity contribution in [1.82, 2.24) is 4.57 Å². The van der Waals surface area contributed by atoms with Crippen molar-refractivity contribution in [3.63, 3.8) is 0 Å². The maximum atomic E-state index is 12.2. The van der Waals surface area contributed by atoms with E-state index in [0.29, 0.717) is 11.6 Å². The topological polar surface area (TPSA) is 54.6 Å². The Hall–Kier alpha value is -1.29. The molecule has 2 fully saturated rings. The minimum atomic E-state index is -0.415. The third-order valence-electron chi connectivity index (χ3n) is 3.82. The number of isothiocyanates is 1. The molecular formula is C13H14N2O2S. The van der Waals surface area contributed by atoms with Gasteiger partial charge in [-0.15, -0.1) is 0 Å². The molecule has 2 aliphatic rings. The quantitative estimate of drug-likeness (QED) is 0.671. The summed E-state index contributed by atoms with van der Waals surface area (Å²) in [5.41, 5.74) is 1.28. The number of aliphatic hydroxyl groups excluding tert-OH is 1. The summed E-state index contributed by atoms with van der Waals surface area (Å²) in [6.45, 7) is 0. The Labute approximate surface area is 110 Å². The van der Waals surface area contributed by atoms with Crippen LogP contribution in [0.5, 0.6) is 0 Å². The highest BCUT2D eigenvalue weighted by Gasteiger charge is 2.33. The first kappa shape index (κ1) is 11.8. The fourth-order valence-electron chi connectivity index (χ4n) is 2.41. The van der Waals surface area contributed by atoms with Crippen LogP contribution in [0.3, 0.4) is 0 Å². The predicted octanol–water partition coefficient (Wildman–Crippen LogP) is 2.16. The predicted molar refractivity (Wildman–Crippen MR) is 71.6 cm³/mol. The maximum absolute atomic E-state index is 12.2. The molecule has 0 aromatic carbocycles. The van der Waals surface area contributed by atoms with Crippen molar-refractivity contribution < 1.29 is 5.11 Å². The maximum Gasteiger partial charge on any atom is 0.277 e. The van der Waals surface area contributed by atoms with Crippen molar-refractivity contribution in [3.05, 3.63) is 28.2 Å². The second-order valence-electron chi connectivity index (χ2n) is 5.06. The van der Waals surface area contributed by atoms with Crippen molar-refractivity contribution in [1.29, 1.82) is 0 Å². The monoisotopic (exact) mass is 262 g/mol. The number of hydrogen-bond acceptors (Lipinski definition) is 4. The van der Waals surface area contributed by atoms with E-state index in [0.717, 1.165) is 31.2 Å². The third kappa shape index (κ3) is 1.94. The van der Waals surface area contributed by atoms with Gasteiger partial charge in [0.1, 0.15) is 5.69 Å². The molecule has 5 heteroatoms. The van der Waals surface area contributed by atoms with Crippen LogP contribution in [0, 0.1) is 0 Å². The SMILES string of the molecule is O=c1c(N=C=S)cc(C2CC2)cn1[C@@H]1CC[C@H]1O. The Kier molecular flexibility index (Phi) is 2.90. The minimum absolute atomic E-state index is 0.102. The van der Waals surface area contributed by atoms with Crippen LogP contribution >= 0.6 is 12.2 Å². The summed E-state index contributed by atoms with van der Waals surface area (Å²) in [4.78, 5) is 16.1. The van der Waals surface area contributed by atoms with E-state index >= 15 is 0 Å². The van der Waals surface area contributed by atoms with Gasteiger partial charge >= 0.3 is 0 Å². The average Bonchev–Trinajstić information content (AvgIpc) is 3.16. The lowest BCUT2D eigenvalue weighted by molar-refractivity contribution is 0.0299. The van der Waals surface area contributed by atoms with Crippen LogP contribution in [0.15, 0.2) is 22.1 Å². The third-order valence-corrected chi connectivity index (χ3v) is 3.91. The normalized spacial score (nSPS) is 26.3. The zero-order valence-corrected chi connectivity index (χ0v) is 10.7. The lowest BCUT2D eigenvalue weighted by Gasteiger charge is -2.34. The molecule has 0 bridgehead atoms. The number of aliphatic imine (C=N–C) groups is 1. The molecule has 0 spiro atoms. The number of thiocarbonyl (C=S) groups is 1. The fraction of sp³-hybridized carbons (Fsp3) is 0.538. The van der Waals surface area contributed by atoms with Gasteiger partial charge in [-0.3, -0.25) is 4.79 Å². The molecule has 1 aromatic rings. The lowest BCUT2D eigenvalue weighted by atomic mass is 9.88. The molecule has 18 heavy (non-hydrogen) atoms. The molecule has 0 unspecified atom stereocenters. The number of aromatic nitrogens is 1. The Bertz CT molecular complexity index is 585. The van der Waals surface area contributed by atoms with Gasteiger partial charge in [0.15, 0.2) is 0 Å². The Morgan fingerprint density at radius 1 is 1.39 bits per heavy atom. The van der Waals surface area contributed by atoms with Crippen molar-refractivity contribution in [2.45, 2.75) is 43.7 Å². The molecule has 0 radical (unpaired) electrons. The molecule has 1 N–H and O–H groups in total. The van der Waals surface area contributed by atoms with Crippen molar-refractivity contribution in [3.8, 4) is 0 Å². The van der Waals surface area contributed by atoms with Crippen LogP contribution in [-0.2, 0) is 0 Å². The molecule has 1 aromatic heterocycles. The molecule has 2 saturated carbocycles. The Balaban J connectivity index is 2.10. The summed E-state index contributed by atoms with van der Waals surface area (Å²) in [5, 5.41) is 12.0. The first-order valence-corrected chi connectivity index (χ1v) is 6.63. The second-order valence-corrected chi connectivity index (χ2v) is 5.24.